The summed E-state index contributed by atoms with van der Waals surface area (Å²) in [6.07, 6.45) is 0.982. The van der Waals surface area contributed by atoms with Crippen LogP contribution in [0.1, 0.15) is 19.3 Å². The van der Waals surface area contributed by atoms with E-state index in [1.165, 1.54) is 0 Å². The highest BCUT2D eigenvalue weighted by atomic mass is 28.6. The molecule has 0 aliphatic carbocycles. The maximum absolute atomic E-state index is 11.2. The maximum atomic E-state index is 11.2. The van der Waals surface area contributed by atoms with Crippen molar-refractivity contribution in [3.8, 4) is 0 Å². The number of quaternary nitrogens is 3. The molecule has 1 aliphatic heterocycles. The van der Waals surface area contributed by atoms with Crippen LogP contribution < -0.4 is 0 Å². The molecule has 0 amide bonds. The van der Waals surface area contributed by atoms with Gasteiger partial charge >= 0.3 is 44.5 Å². The van der Waals surface area contributed by atoms with Gasteiger partial charge in [0.1, 0.15) is 0 Å². The topological polar surface area (TPSA) is 188 Å². The molecule has 0 radical (unpaired) electrons. The summed E-state index contributed by atoms with van der Waals surface area (Å²) in [4.78, 5) is 75.3. The van der Waals surface area contributed by atoms with Gasteiger partial charge in [-0.2, -0.15) is 0 Å². The minimum Gasteiger partial charge on any atom is -0.391 e. The van der Waals surface area contributed by atoms with E-state index in [0.717, 1.165) is 0 Å². The second-order valence-electron chi connectivity index (χ2n) is 13.1. The van der Waals surface area contributed by atoms with Crippen molar-refractivity contribution < 1.29 is 67.6 Å². The zero-order chi connectivity index (χ0) is 29.9. The standard InChI is InChI=1S/C18H52N3O12Si5/c1-19(2,3)13-10-16-34(22,23)29-38(30-35(24,25)17-11-14-20(4,5)6)32-36(26,31-37(27,28)33-38)18-12-15-21(7,8)9/h22-28H,10-18H2,1-9H3/q+3. The van der Waals surface area contributed by atoms with Crippen molar-refractivity contribution in [2.24, 2.45) is 0 Å². The first-order chi connectivity index (χ1) is 16.7. The molecular formula is C18H52N3O12Si5+3. The lowest BCUT2D eigenvalue weighted by molar-refractivity contribution is -0.870. The number of hydrogen-bond acceptors (Lipinski definition) is 12. The van der Waals surface area contributed by atoms with Crippen LogP contribution in [0.5, 0.6) is 0 Å². The van der Waals surface area contributed by atoms with E-state index in [1.54, 1.807) is 0 Å². The Morgan fingerprint density at radius 2 is 0.947 bits per heavy atom. The molecule has 1 atom stereocenters. The van der Waals surface area contributed by atoms with Gasteiger partial charge in [0.15, 0.2) is 0 Å². The largest absolute Gasteiger partial charge is 0.660 e. The Balaban J connectivity index is 3.27. The SMILES string of the molecule is C[N+](C)(C)CCC[Si](O)(O)O[Si]1(O[Si](O)(O)CCC[N+](C)(C)C)O[Si](O)(O)O[Si](O)(CCC[N+](C)(C)C)O1. The van der Waals surface area contributed by atoms with E-state index in [1.807, 2.05) is 63.4 Å². The quantitative estimate of drug-likeness (QED) is 0.0669. The molecule has 7 N–H and O–H groups in total. The van der Waals surface area contributed by atoms with Gasteiger partial charge in [0.05, 0.1) is 83.1 Å². The van der Waals surface area contributed by atoms with Gasteiger partial charge in [-0.3, -0.25) is 0 Å². The van der Waals surface area contributed by atoms with Crippen LogP contribution in [0.3, 0.4) is 0 Å². The van der Waals surface area contributed by atoms with E-state index in [0.29, 0.717) is 52.3 Å². The molecule has 1 unspecified atom stereocenters. The van der Waals surface area contributed by atoms with Gasteiger partial charge in [0.2, 0.25) is 0 Å². The molecule has 228 valence electrons. The summed E-state index contributed by atoms with van der Waals surface area (Å²) in [5.74, 6) is 0. The second kappa shape index (κ2) is 12.8. The molecule has 0 saturated carbocycles. The number of hydrogen-bond donors (Lipinski definition) is 7. The highest BCUT2D eigenvalue weighted by Gasteiger charge is 2.72. The van der Waals surface area contributed by atoms with Crippen LogP contribution in [-0.4, -0.2) is 175 Å². The van der Waals surface area contributed by atoms with Gasteiger partial charge in [-0.1, -0.05) is 0 Å². The third-order valence-electron chi connectivity index (χ3n) is 5.40. The van der Waals surface area contributed by atoms with Crippen molar-refractivity contribution in [2.75, 3.05) is 83.1 Å². The molecule has 1 fully saturated rings. The van der Waals surface area contributed by atoms with Crippen LogP contribution in [0.25, 0.3) is 0 Å². The second-order valence-corrected chi connectivity index (χ2v) is 25.2. The monoisotopic (exact) mass is 642 g/mol. The summed E-state index contributed by atoms with van der Waals surface area (Å²) in [6, 6.07) is -0.606. The molecule has 1 rings (SSSR count). The lowest BCUT2D eigenvalue weighted by Crippen LogP contribution is -2.77. The summed E-state index contributed by atoms with van der Waals surface area (Å²) >= 11 is 0. The smallest absolute Gasteiger partial charge is 0.391 e. The Kier molecular flexibility index (Phi) is 12.3. The molecule has 1 aliphatic rings. The summed E-state index contributed by atoms with van der Waals surface area (Å²) in [7, 11) is -6.86. The molecule has 15 nitrogen and oxygen atoms in total. The lowest BCUT2D eigenvalue weighted by atomic mass is 10.4. The molecule has 0 spiro atoms. The summed E-state index contributed by atoms with van der Waals surface area (Å²) in [5.41, 5.74) is 0. The van der Waals surface area contributed by atoms with Crippen LogP contribution in [-0.2, 0) is 20.6 Å². The van der Waals surface area contributed by atoms with E-state index in [9.17, 15) is 33.6 Å². The van der Waals surface area contributed by atoms with Gasteiger partial charge < -0.3 is 67.6 Å². The predicted octanol–water partition coefficient (Wildman–Crippen LogP) is -2.99. The third kappa shape index (κ3) is 15.5. The lowest BCUT2D eigenvalue weighted by Gasteiger charge is -2.45. The Morgan fingerprint density at radius 3 is 1.32 bits per heavy atom. The highest BCUT2D eigenvalue weighted by molar-refractivity contribution is 6.88. The summed E-state index contributed by atoms with van der Waals surface area (Å²) in [6.45, 7) is 1.69. The van der Waals surface area contributed by atoms with E-state index in [2.05, 4.69) is 0 Å². The van der Waals surface area contributed by atoms with Crippen LogP contribution in [0.4, 0.5) is 0 Å². The summed E-state index contributed by atoms with van der Waals surface area (Å²) in [5, 5.41) is 0. The first-order valence-electron chi connectivity index (χ1n) is 12.6. The van der Waals surface area contributed by atoms with Gasteiger partial charge in [0, 0.05) is 37.4 Å². The number of rotatable bonds is 16. The van der Waals surface area contributed by atoms with Crippen molar-refractivity contribution in [3.63, 3.8) is 0 Å². The van der Waals surface area contributed by atoms with E-state index < -0.39 is 44.5 Å². The minimum absolute atomic E-state index is 0.150. The predicted molar refractivity (Wildman–Crippen MR) is 147 cm³/mol. The van der Waals surface area contributed by atoms with Crippen molar-refractivity contribution >= 4 is 44.5 Å². The van der Waals surface area contributed by atoms with Gasteiger partial charge in [-0.15, -0.1) is 0 Å². The van der Waals surface area contributed by atoms with Crippen LogP contribution >= 0.6 is 0 Å². The normalized spacial score (nSPS) is 23.1. The molecule has 0 aromatic heterocycles. The van der Waals surface area contributed by atoms with E-state index in [4.69, 9.17) is 20.6 Å². The van der Waals surface area contributed by atoms with Crippen LogP contribution in [0, 0.1) is 0 Å². The Bertz CT molecular complexity index is 721. The van der Waals surface area contributed by atoms with E-state index >= 15 is 0 Å². The Labute approximate surface area is 232 Å². The fourth-order valence-corrected chi connectivity index (χ4v) is 19.2. The van der Waals surface area contributed by atoms with Gasteiger partial charge in [-0.25, -0.2) is 0 Å². The molecular weight excluding hydrogens is 591 g/mol. The van der Waals surface area contributed by atoms with Crippen molar-refractivity contribution in [1.82, 2.24) is 0 Å². The molecule has 0 bridgehead atoms. The maximum Gasteiger partial charge on any atom is 0.660 e. The minimum atomic E-state index is -5.19. The van der Waals surface area contributed by atoms with Gasteiger partial charge in [-0.05, 0) is 0 Å². The van der Waals surface area contributed by atoms with Crippen LogP contribution in [0.2, 0.25) is 18.1 Å². The molecule has 1 saturated heterocycles. The molecule has 38 heavy (non-hydrogen) atoms. The zero-order valence-electron chi connectivity index (χ0n) is 24.4. The Hall–Kier alpha value is 0.484. The first-order valence-corrected chi connectivity index (χ1v) is 22.0. The third-order valence-corrected chi connectivity index (χ3v) is 19.7. The van der Waals surface area contributed by atoms with E-state index in [-0.39, 0.29) is 18.1 Å². The molecule has 1 heterocycles. The van der Waals surface area contributed by atoms with Crippen molar-refractivity contribution in [3.05, 3.63) is 0 Å². The van der Waals surface area contributed by atoms with Gasteiger partial charge in [0.25, 0.3) is 0 Å². The summed E-state index contributed by atoms with van der Waals surface area (Å²) < 4.78 is 28.5. The molecule has 0 aromatic rings. The average Bonchev–Trinajstić information content (AvgIpc) is 2.53. The fourth-order valence-electron chi connectivity index (χ4n) is 3.68. The highest BCUT2D eigenvalue weighted by Crippen LogP contribution is 2.35. The fraction of sp³-hybridized carbons (Fsp3) is 1.00. The van der Waals surface area contributed by atoms with Crippen molar-refractivity contribution in [1.29, 1.82) is 0 Å². The van der Waals surface area contributed by atoms with Crippen LogP contribution in [0.15, 0.2) is 0 Å². The van der Waals surface area contributed by atoms with Crippen molar-refractivity contribution in [2.45, 2.75) is 37.4 Å². The molecule has 0 aromatic carbocycles. The molecule has 20 heteroatoms. The first kappa shape index (κ1) is 36.5. The number of nitrogens with zero attached hydrogens (tertiary/aromatic N) is 3. The average molecular weight is 643 g/mol. The zero-order valence-corrected chi connectivity index (χ0v) is 29.4. The Morgan fingerprint density at radius 1 is 0.579 bits per heavy atom.